The Bertz CT molecular complexity index is 416. The minimum Gasteiger partial charge on any atom is -0.296 e. The fourth-order valence-corrected chi connectivity index (χ4v) is 2.81. The maximum atomic E-state index is 8.88. The van der Waals surface area contributed by atoms with Crippen molar-refractivity contribution in [3.63, 3.8) is 0 Å². The molecule has 0 aliphatic heterocycles. The molecule has 1 aromatic heterocycles. The van der Waals surface area contributed by atoms with E-state index < -0.39 is 0 Å². The number of aromatic nitrogens is 1. The van der Waals surface area contributed by atoms with Crippen molar-refractivity contribution in [2.75, 3.05) is 6.54 Å². The number of hydrogen-bond donors (Lipinski definition) is 0. The molecule has 0 saturated heterocycles. The molecule has 0 N–H and O–H groups in total. The third kappa shape index (κ3) is 3.30. The van der Waals surface area contributed by atoms with Crippen LogP contribution in [-0.2, 0) is 6.54 Å². The molecule has 1 aliphatic carbocycles. The van der Waals surface area contributed by atoms with Gasteiger partial charge in [-0.15, -0.1) is 0 Å². The van der Waals surface area contributed by atoms with Gasteiger partial charge in [0.15, 0.2) is 0 Å². The van der Waals surface area contributed by atoms with Gasteiger partial charge in [-0.05, 0) is 37.1 Å². The van der Waals surface area contributed by atoms with Crippen LogP contribution in [0.1, 0.15) is 50.3 Å². The number of nitrogens with zero attached hydrogens (tertiary/aromatic N) is 3. The quantitative estimate of drug-likeness (QED) is 0.815. The Morgan fingerprint density at radius 1 is 1.39 bits per heavy atom. The second-order valence-electron chi connectivity index (χ2n) is 5.02. The first-order valence-electron chi connectivity index (χ1n) is 6.92. The zero-order valence-corrected chi connectivity index (χ0v) is 11.1. The molecule has 96 valence electrons. The lowest BCUT2D eigenvalue weighted by molar-refractivity contribution is 0.156. The molecule has 1 heterocycles. The maximum Gasteiger partial charge on any atom is 0.140 e. The molecule has 0 bridgehead atoms. The van der Waals surface area contributed by atoms with E-state index in [2.05, 4.69) is 22.9 Å². The van der Waals surface area contributed by atoms with E-state index in [4.69, 9.17) is 5.26 Å². The SMILES string of the molecule is CCN(Cc1ccnc(C#N)c1)C1CCCCC1. The topological polar surface area (TPSA) is 39.9 Å². The van der Waals surface area contributed by atoms with Gasteiger partial charge in [0, 0.05) is 18.8 Å². The Kier molecular flexibility index (Phi) is 4.72. The Hall–Kier alpha value is -1.40. The van der Waals surface area contributed by atoms with Crippen LogP contribution in [0.5, 0.6) is 0 Å². The highest BCUT2D eigenvalue weighted by atomic mass is 15.1. The molecule has 18 heavy (non-hydrogen) atoms. The van der Waals surface area contributed by atoms with Gasteiger partial charge in [0.05, 0.1) is 0 Å². The van der Waals surface area contributed by atoms with Gasteiger partial charge in [-0.1, -0.05) is 26.2 Å². The summed E-state index contributed by atoms with van der Waals surface area (Å²) in [7, 11) is 0. The lowest BCUT2D eigenvalue weighted by atomic mass is 9.94. The third-order valence-corrected chi connectivity index (χ3v) is 3.82. The third-order valence-electron chi connectivity index (χ3n) is 3.82. The molecule has 2 rings (SSSR count). The molecule has 1 fully saturated rings. The first-order valence-corrected chi connectivity index (χ1v) is 6.92. The van der Waals surface area contributed by atoms with E-state index in [9.17, 15) is 0 Å². The second-order valence-corrected chi connectivity index (χ2v) is 5.02. The highest BCUT2D eigenvalue weighted by Crippen LogP contribution is 2.23. The average Bonchev–Trinajstić information content (AvgIpc) is 2.46. The van der Waals surface area contributed by atoms with Crippen molar-refractivity contribution in [2.45, 2.75) is 51.6 Å². The summed E-state index contributed by atoms with van der Waals surface area (Å²) in [6.07, 6.45) is 8.50. The van der Waals surface area contributed by atoms with E-state index in [-0.39, 0.29) is 0 Å². The first-order chi connectivity index (χ1) is 8.83. The van der Waals surface area contributed by atoms with E-state index in [1.165, 1.54) is 37.7 Å². The molecule has 0 radical (unpaired) electrons. The number of hydrogen-bond acceptors (Lipinski definition) is 3. The number of rotatable bonds is 4. The van der Waals surface area contributed by atoms with Gasteiger partial charge in [0.2, 0.25) is 0 Å². The zero-order valence-electron chi connectivity index (χ0n) is 11.1. The highest BCUT2D eigenvalue weighted by molar-refractivity contribution is 5.25. The predicted molar refractivity (Wildman–Crippen MR) is 71.9 cm³/mol. The molecule has 3 heteroatoms. The minimum atomic E-state index is 0.521. The van der Waals surface area contributed by atoms with Crippen LogP contribution >= 0.6 is 0 Å². The Morgan fingerprint density at radius 3 is 2.83 bits per heavy atom. The van der Waals surface area contributed by atoms with Crippen molar-refractivity contribution in [3.05, 3.63) is 29.6 Å². The molecular weight excluding hydrogens is 222 g/mol. The molecule has 1 saturated carbocycles. The van der Waals surface area contributed by atoms with E-state index in [1.54, 1.807) is 6.20 Å². The van der Waals surface area contributed by atoms with Gasteiger partial charge in [-0.3, -0.25) is 4.90 Å². The van der Waals surface area contributed by atoms with Gasteiger partial charge in [-0.25, -0.2) is 4.98 Å². The summed E-state index contributed by atoms with van der Waals surface area (Å²) in [5.41, 5.74) is 1.72. The Balaban J connectivity index is 2.02. The van der Waals surface area contributed by atoms with E-state index in [0.29, 0.717) is 5.69 Å². The molecular formula is C15H21N3. The summed E-state index contributed by atoms with van der Waals surface area (Å²) in [5.74, 6) is 0. The Morgan fingerprint density at radius 2 is 2.17 bits per heavy atom. The van der Waals surface area contributed by atoms with Gasteiger partial charge in [-0.2, -0.15) is 5.26 Å². The summed E-state index contributed by atoms with van der Waals surface area (Å²) in [5, 5.41) is 8.88. The smallest absolute Gasteiger partial charge is 0.140 e. The zero-order chi connectivity index (χ0) is 12.8. The summed E-state index contributed by atoms with van der Waals surface area (Å²) < 4.78 is 0. The van der Waals surface area contributed by atoms with Crippen LogP contribution in [-0.4, -0.2) is 22.5 Å². The van der Waals surface area contributed by atoms with Crippen LogP contribution in [0.3, 0.4) is 0 Å². The molecule has 0 amide bonds. The fraction of sp³-hybridized carbons (Fsp3) is 0.600. The predicted octanol–water partition coefficient (Wildman–Crippen LogP) is 3.11. The Labute approximate surface area is 109 Å². The lowest BCUT2D eigenvalue weighted by Gasteiger charge is -2.33. The minimum absolute atomic E-state index is 0.521. The molecule has 3 nitrogen and oxygen atoms in total. The fourth-order valence-electron chi connectivity index (χ4n) is 2.81. The van der Waals surface area contributed by atoms with Gasteiger partial charge >= 0.3 is 0 Å². The lowest BCUT2D eigenvalue weighted by Crippen LogP contribution is -2.36. The summed E-state index contributed by atoms with van der Waals surface area (Å²) in [6.45, 7) is 4.24. The normalized spacial score (nSPS) is 16.7. The molecule has 1 aromatic rings. The molecule has 0 spiro atoms. The van der Waals surface area contributed by atoms with Crippen molar-refractivity contribution in [1.29, 1.82) is 5.26 Å². The van der Waals surface area contributed by atoms with Gasteiger partial charge < -0.3 is 0 Å². The first kappa shape index (κ1) is 13.0. The molecule has 0 unspecified atom stereocenters. The van der Waals surface area contributed by atoms with Crippen LogP contribution in [0.2, 0.25) is 0 Å². The van der Waals surface area contributed by atoms with Gasteiger partial charge in [0.25, 0.3) is 0 Å². The monoisotopic (exact) mass is 243 g/mol. The molecule has 1 aliphatic rings. The van der Waals surface area contributed by atoms with Crippen molar-refractivity contribution in [2.24, 2.45) is 0 Å². The van der Waals surface area contributed by atoms with Crippen LogP contribution in [0.4, 0.5) is 0 Å². The van der Waals surface area contributed by atoms with Crippen LogP contribution in [0, 0.1) is 11.3 Å². The summed E-state index contributed by atoms with van der Waals surface area (Å²) in [4.78, 5) is 6.56. The van der Waals surface area contributed by atoms with Crippen molar-refractivity contribution < 1.29 is 0 Å². The van der Waals surface area contributed by atoms with Crippen LogP contribution < -0.4 is 0 Å². The molecule has 0 atom stereocenters. The average molecular weight is 243 g/mol. The van der Waals surface area contributed by atoms with Crippen LogP contribution in [0.15, 0.2) is 18.3 Å². The van der Waals surface area contributed by atoms with Crippen molar-refractivity contribution in [1.82, 2.24) is 9.88 Å². The van der Waals surface area contributed by atoms with Crippen molar-refractivity contribution >= 4 is 0 Å². The highest BCUT2D eigenvalue weighted by Gasteiger charge is 2.19. The van der Waals surface area contributed by atoms with Crippen molar-refractivity contribution in [3.8, 4) is 6.07 Å². The number of nitriles is 1. The number of pyridine rings is 1. The van der Waals surface area contributed by atoms with E-state index in [1.807, 2.05) is 12.1 Å². The van der Waals surface area contributed by atoms with E-state index in [0.717, 1.165) is 19.1 Å². The second kappa shape index (κ2) is 6.51. The maximum absolute atomic E-state index is 8.88. The summed E-state index contributed by atoms with van der Waals surface area (Å²) in [6, 6.07) is 6.76. The molecule has 0 aromatic carbocycles. The largest absolute Gasteiger partial charge is 0.296 e. The van der Waals surface area contributed by atoms with Gasteiger partial charge in [0.1, 0.15) is 11.8 Å². The van der Waals surface area contributed by atoms with E-state index >= 15 is 0 Å². The summed E-state index contributed by atoms with van der Waals surface area (Å²) >= 11 is 0. The standard InChI is InChI=1S/C15H21N3/c1-2-18(15-6-4-3-5-7-15)12-13-8-9-17-14(10-13)11-16/h8-10,15H,2-7,12H2,1H3. The van der Waals surface area contributed by atoms with Crippen LogP contribution in [0.25, 0.3) is 0 Å².